The number of nitrogens with one attached hydrogen (secondary N) is 1. The van der Waals surface area contributed by atoms with E-state index in [9.17, 15) is 9.90 Å². The fourth-order valence-corrected chi connectivity index (χ4v) is 1.15. The van der Waals surface area contributed by atoms with Gasteiger partial charge in [0.2, 0.25) is 0 Å². The lowest BCUT2D eigenvalue weighted by molar-refractivity contribution is -0.124. The predicted molar refractivity (Wildman–Crippen MR) is 56.0 cm³/mol. The lowest BCUT2D eigenvalue weighted by Gasteiger charge is -2.09. The van der Waals surface area contributed by atoms with E-state index in [1.165, 1.54) is 0 Å². The Labute approximate surface area is 83.8 Å². The van der Waals surface area contributed by atoms with Gasteiger partial charge in [-0.25, -0.2) is 0 Å². The molecule has 0 fully saturated rings. The zero-order chi connectivity index (χ0) is 10.4. The molecule has 0 radical (unpaired) electrons. The van der Waals surface area contributed by atoms with Crippen LogP contribution in [0.25, 0.3) is 0 Å². The second kappa shape index (κ2) is 5.40. The van der Waals surface area contributed by atoms with Crippen molar-refractivity contribution in [3.05, 3.63) is 30.3 Å². The highest BCUT2D eigenvalue weighted by Gasteiger charge is 2.12. The number of carbonyl (C=O) groups is 1. The number of aliphatic hydroxyl groups is 1. The number of amides is 1. The molecule has 0 aliphatic heterocycles. The lowest BCUT2D eigenvalue weighted by atomic mass is 10.2. The Bertz CT molecular complexity index is 285. The minimum Gasteiger partial charge on any atom is -0.383 e. The van der Waals surface area contributed by atoms with Crippen LogP contribution in [-0.2, 0) is 4.79 Å². The molecule has 1 amide bonds. The van der Waals surface area contributed by atoms with E-state index in [0.29, 0.717) is 12.1 Å². The van der Waals surface area contributed by atoms with Gasteiger partial charge >= 0.3 is 0 Å². The molecular weight excluding hydrogens is 178 g/mol. The van der Waals surface area contributed by atoms with Crippen LogP contribution in [0.4, 0.5) is 5.69 Å². The molecule has 0 saturated carbocycles. The molecule has 0 spiro atoms. The summed E-state index contributed by atoms with van der Waals surface area (Å²) in [5.74, 6) is -0.335. The maximum Gasteiger partial charge on any atom is 0.253 e. The largest absolute Gasteiger partial charge is 0.383 e. The Morgan fingerprint density at radius 2 is 2.07 bits per heavy atom. The van der Waals surface area contributed by atoms with Crippen molar-refractivity contribution in [1.82, 2.24) is 0 Å². The van der Waals surface area contributed by atoms with Crippen molar-refractivity contribution in [3.8, 4) is 0 Å². The SMILES string of the molecule is CCCC(O)C(=O)Nc1ccccc1. The van der Waals surface area contributed by atoms with Crippen LogP contribution >= 0.6 is 0 Å². The molecule has 3 heteroatoms. The van der Waals surface area contributed by atoms with Crippen molar-refractivity contribution >= 4 is 11.6 Å². The quantitative estimate of drug-likeness (QED) is 0.765. The highest BCUT2D eigenvalue weighted by Crippen LogP contribution is 2.06. The molecule has 1 unspecified atom stereocenters. The maximum absolute atomic E-state index is 11.3. The third-order valence-corrected chi connectivity index (χ3v) is 1.91. The van der Waals surface area contributed by atoms with E-state index in [4.69, 9.17) is 0 Å². The average molecular weight is 193 g/mol. The van der Waals surface area contributed by atoms with Gasteiger partial charge in [-0.3, -0.25) is 4.79 Å². The number of hydrogen-bond donors (Lipinski definition) is 2. The van der Waals surface area contributed by atoms with Crippen LogP contribution in [0.2, 0.25) is 0 Å². The number of para-hydroxylation sites is 1. The standard InChI is InChI=1S/C11H15NO2/c1-2-6-10(13)11(14)12-9-7-4-3-5-8-9/h3-5,7-8,10,13H,2,6H2,1H3,(H,12,14). The zero-order valence-electron chi connectivity index (χ0n) is 8.23. The molecule has 0 saturated heterocycles. The Morgan fingerprint density at radius 3 is 2.64 bits per heavy atom. The van der Waals surface area contributed by atoms with Crippen LogP contribution in [0.3, 0.4) is 0 Å². The number of carbonyl (C=O) groups excluding carboxylic acids is 1. The van der Waals surface area contributed by atoms with Gasteiger partial charge in [-0.1, -0.05) is 31.5 Å². The number of anilines is 1. The van der Waals surface area contributed by atoms with Crippen molar-refractivity contribution in [2.45, 2.75) is 25.9 Å². The molecule has 14 heavy (non-hydrogen) atoms. The maximum atomic E-state index is 11.3. The van der Waals surface area contributed by atoms with E-state index >= 15 is 0 Å². The Morgan fingerprint density at radius 1 is 1.43 bits per heavy atom. The smallest absolute Gasteiger partial charge is 0.253 e. The summed E-state index contributed by atoms with van der Waals surface area (Å²) in [6, 6.07) is 9.12. The van der Waals surface area contributed by atoms with Gasteiger partial charge in [0.05, 0.1) is 0 Å². The molecule has 1 aromatic rings. The molecule has 0 bridgehead atoms. The van der Waals surface area contributed by atoms with Crippen molar-refractivity contribution in [1.29, 1.82) is 0 Å². The van der Waals surface area contributed by atoms with Crippen LogP contribution < -0.4 is 5.32 Å². The van der Waals surface area contributed by atoms with Crippen LogP contribution in [0.1, 0.15) is 19.8 Å². The molecule has 2 N–H and O–H groups in total. The first-order chi connectivity index (χ1) is 6.74. The van der Waals surface area contributed by atoms with Crippen molar-refractivity contribution in [2.75, 3.05) is 5.32 Å². The van der Waals surface area contributed by atoms with Gasteiger partial charge in [0, 0.05) is 5.69 Å². The van der Waals surface area contributed by atoms with Crippen LogP contribution in [0.5, 0.6) is 0 Å². The Balaban J connectivity index is 2.49. The van der Waals surface area contributed by atoms with Gasteiger partial charge in [-0.15, -0.1) is 0 Å². The van der Waals surface area contributed by atoms with Gasteiger partial charge in [0.1, 0.15) is 6.10 Å². The first-order valence-corrected chi connectivity index (χ1v) is 4.78. The van der Waals surface area contributed by atoms with Gasteiger partial charge in [0.15, 0.2) is 0 Å². The third kappa shape index (κ3) is 3.18. The van der Waals surface area contributed by atoms with Crippen molar-refractivity contribution in [2.24, 2.45) is 0 Å². The van der Waals surface area contributed by atoms with Crippen LogP contribution in [0, 0.1) is 0 Å². The predicted octanol–water partition coefficient (Wildman–Crippen LogP) is 1.79. The number of hydrogen-bond acceptors (Lipinski definition) is 2. The van der Waals surface area contributed by atoms with Crippen LogP contribution in [0.15, 0.2) is 30.3 Å². The molecule has 1 rings (SSSR count). The molecule has 0 heterocycles. The number of benzene rings is 1. The summed E-state index contributed by atoms with van der Waals surface area (Å²) in [6.45, 7) is 1.93. The second-order valence-corrected chi connectivity index (χ2v) is 3.16. The van der Waals surface area contributed by atoms with Crippen molar-refractivity contribution < 1.29 is 9.90 Å². The number of aliphatic hydroxyl groups excluding tert-OH is 1. The molecule has 1 aromatic carbocycles. The third-order valence-electron chi connectivity index (χ3n) is 1.91. The second-order valence-electron chi connectivity index (χ2n) is 3.16. The highest BCUT2D eigenvalue weighted by molar-refractivity contribution is 5.93. The normalized spacial score (nSPS) is 12.1. The van der Waals surface area contributed by atoms with Gasteiger partial charge in [-0.05, 0) is 18.6 Å². The number of rotatable bonds is 4. The van der Waals surface area contributed by atoms with Crippen molar-refractivity contribution in [3.63, 3.8) is 0 Å². The summed E-state index contributed by atoms with van der Waals surface area (Å²) in [7, 11) is 0. The van der Waals surface area contributed by atoms with Gasteiger partial charge < -0.3 is 10.4 Å². The van der Waals surface area contributed by atoms with E-state index < -0.39 is 6.10 Å². The van der Waals surface area contributed by atoms with Crippen LogP contribution in [-0.4, -0.2) is 17.1 Å². The molecule has 1 atom stereocenters. The monoisotopic (exact) mass is 193 g/mol. The topological polar surface area (TPSA) is 49.3 Å². The van der Waals surface area contributed by atoms with Gasteiger partial charge in [0.25, 0.3) is 5.91 Å². The fourth-order valence-electron chi connectivity index (χ4n) is 1.15. The molecule has 0 aliphatic rings. The van der Waals surface area contributed by atoms with E-state index in [0.717, 1.165) is 6.42 Å². The van der Waals surface area contributed by atoms with E-state index in [1.54, 1.807) is 12.1 Å². The van der Waals surface area contributed by atoms with E-state index in [1.807, 2.05) is 25.1 Å². The zero-order valence-corrected chi connectivity index (χ0v) is 8.23. The summed E-state index contributed by atoms with van der Waals surface area (Å²) in [5, 5.41) is 12.0. The minimum atomic E-state index is -0.903. The summed E-state index contributed by atoms with van der Waals surface area (Å²) in [4.78, 5) is 11.3. The lowest BCUT2D eigenvalue weighted by Crippen LogP contribution is -2.27. The summed E-state index contributed by atoms with van der Waals surface area (Å²) < 4.78 is 0. The summed E-state index contributed by atoms with van der Waals surface area (Å²) in [6.07, 6.45) is 0.391. The molecular formula is C11H15NO2. The average Bonchev–Trinajstić information content (AvgIpc) is 2.19. The molecule has 0 aromatic heterocycles. The van der Waals surface area contributed by atoms with E-state index in [-0.39, 0.29) is 5.91 Å². The molecule has 76 valence electrons. The summed E-state index contributed by atoms with van der Waals surface area (Å²) >= 11 is 0. The highest BCUT2D eigenvalue weighted by atomic mass is 16.3. The fraction of sp³-hybridized carbons (Fsp3) is 0.364. The Hall–Kier alpha value is -1.35. The minimum absolute atomic E-state index is 0.335. The first kappa shape index (κ1) is 10.7. The van der Waals surface area contributed by atoms with E-state index in [2.05, 4.69) is 5.32 Å². The first-order valence-electron chi connectivity index (χ1n) is 4.78. The molecule has 3 nitrogen and oxygen atoms in total. The summed E-state index contributed by atoms with van der Waals surface area (Å²) in [5.41, 5.74) is 0.715. The molecule has 0 aliphatic carbocycles. The van der Waals surface area contributed by atoms with Gasteiger partial charge in [-0.2, -0.15) is 0 Å². The Kier molecular flexibility index (Phi) is 4.13.